The fourth-order valence-corrected chi connectivity index (χ4v) is 3.88. The van der Waals surface area contributed by atoms with Gasteiger partial charge in [-0.25, -0.2) is 13.1 Å². The van der Waals surface area contributed by atoms with Crippen LogP contribution < -0.4 is 10.5 Å². The van der Waals surface area contributed by atoms with Crippen LogP contribution in [0.15, 0.2) is 59.5 Å². The maximum atomic E-state index is 12.4. The van der Waals surface area contributed by atoms with Crippen LogP contribution in [-0.4, -0.2) is 21.0 Å². The highest BCUT2D eigenvalue weighted by Gasteiger charge is 2.33. The van der Waals surface area contributed by atoms with Gasteiger partial charge in [-0.1, -0.05) is 42.5 Å². The maximum absolute atomic E-state index is 12.4. The molecule has 1 saturated carbocycles. The summed E-state index contributed by atoms with van der Waals surface area (Å²) in [6, 6.07) is 16.7. The first-order valence-electron chi connectivity index (χ1n) is 7.48. The zero-order valence-electron chi connectivity index (χ0n) is 12.7. The van der Waals surface area contributed by atoms with Crippen LogP contribution in [0.4, 0.5) is 0 Å². The van der Waals surface area contributed by atoms with Crippen LogP contribution in [0.1, 0.15) is 12.8 Å². The van der Waals surface area contributed by atoms with Gasteiger partial charge in [0.05, 0.1) is 4.90 Å². The lowest BCUT2D eigenvalue weighted by atomic mass is 10.1. The molecule has 3 N–H and O–H groups in total. The van der Waals surface area contributed by atoms with Crippen molar-refractivity contribution in [2.24, 2.45) is 11.7 Å². The summed E-state index contributed by atoms with van der Waals surface area (Å²) in [4.78, 5) is 0.284. The molecule has 0 aliphatic heterocycles. The van der Waals surface area contributed by atoms with Crippen LogP contribution in [0.2, 0.25) is 0 Å². The number of hydrogen-bond donors (Lipinski definition) is 2. The molecular weight excluding hydrogens is 332 g/mol. The van der Waals surface area contributed by atoms with Crippen molar-refractivity contribution in [2.75, 3.05) is 6.54 Å². The molecule has 1 aliphatic carbocycles. The standard InChI is InChI=1S/C17H20N2O2S.ClH/c18-12-17(15-6-7-15)19-22(20,21)16-10-8-14(9-11-16)13-4-2-1-3-5-13;/h1-5,8-11,15,17,19H,6-7,12,18H2;1H. The van der Waals surface area contributed by atoms with E-state index in [9.17, 15) is 8.42 Å². The van der Waals surface area contributed by atoms with Crippen LogP contribution in [0, 0.1) is 5.92 Å². The average molecular weight is 353 g/mol. The van der Waals surface area contributed by atoms with E-state index in [1.165, 1.54) is 0 Å². The monoisotopic (exact) mass is 352 g/mol. The molecule has 0 spiro atoms. The highest BCUT2D eigenvalue weighted by atomic mass is 35.5. The quantitative estimate of drug-likeness (QED) is 0.839. The summed E-state index contributed by atoms with van der Waals surface area (Å²) < 4.78 is 27.6. The summed E-state index contributed by atoms with van der Waals surface area (Å²) in [5.74, 6) is 0.392. The van der Waals surface area contributed by atoms with Gasteiger partial charge < -0.3 is 5.73 Å². The van der Waals surface area contributed by atoms with E-state index in [4.69, 9.17) is 5.73 Å². The number of sulfonamides is 1. The van der Waals surface area contributed by atoms with Crippen LogP contribution >= 0.6 is 12.4 Å². The third-order valence-electron chi connectivity index (χ3n) is 4.02. The van der Waals surface area contributed by atoms with Crippen molar-refractivity contribution >= 4 is 22.4 Å². The van der Waals surface area contributed by atoms with E-state index >= 15 is 0 Å². The zero-order valence-corrected chi connectivity index (χ0v) is 14.3. The zero-order chi connectivity index (χ0) is 15.6. The Morgan fingerprint density at radius 3 is 2.09 bits per heavy atom. The minimum absolute atomic E-state index is 0. The molecule has 3 rings (SSSR count). The molecule has 1 aliphatic rings. The van der Waals surface area contributed by atoms with Gasteiger partial charge in [-0.2, -0.15) is 0 Å². The van der Waals surface area contributed by atoms with E-state index in [1.807, 2.05) is 42.5 Å². The molecule has 1 atom stereocenters. The summed E-state index contributed by atoms with van der Waals surface area (Å²) in [7, 11) is -3.51. The molecule has 0 radical (unpaired) electrons. The number of benzene rings is 2. The first-order chi connectivity index (χ1) is 10.6. The molecule has 124 valence electrons. The van der Waals surface area contributed by atoms with E-state index in [0.29, 0.717) is 12.5 Å². The van der Waals surface area contributed by atoms with Crippen LogP contribution in [0.5, 0.6) is 0 Å². The lowest BCUT2D eigenvalue weighted by Crippen LogP contribution is -2.41. The first-order valence-corrected chi connectivity index (χ1v) is 8.96. The minimum Gasteiger partial charge on any atom is -0.329 e. The lowest BCUT2D eigenvalue weighted by molar-refractivity contribution is 0.519. The fourth-order valence-electron chi connectivity index (χ4n) is 2.56. The second kappa shape index (κ2) is 7.45. The molecule has 2 aromatic carbocycles. The smallest absolute Gasteiger partial charge is 0.240 e. The Bertz CT molecular complexity index is 729. The summed E-state index contributed by atoms with van der Waals surface area (Å²) in [6.45, 7) is 0.339. The van der Waals surface area contributed by atoms with E-state index in [1.54, 1.807) is 12.1 Å². The van der Waals surface area contributed by atoms with Gasteiger partial charge in [0.25, 0.3) is 0 Å². The largest absolute Gasteiger partial charge is 0.329 e. The van der Waals surface area contributed by atoms with Crippen molar-refractivity contribution in [1.82, 2.24) is 4.72 Å². The molecule has 0 saturated heterocycles. The number of nitrogens with one attached hydrogen (secondary N) is 1. The Balaban J connectivity index is 0.00000192. The summed E-state index contributed by atoms with van der Waals surface area (Å²) >= 11 is 0. The Labute approximate surface area is 143 Å². The Morgan fingerprint density at radius 2 is 1.57 bits per heavy atom. The van der Waals surface area contributed by atoms with Crippen LogP contribution in [-0.2, 0) is 10.0 Å². The van der Waals surface area contributed by atoms with E-state index < -0.39 is 10.0 Å². The molecule has 0 bridgehead atoms. The predicted molar refractivity (Wildman–Crippen MR) is 95.0 cm³/mol. The van der Waals surface area contributed by atoms with Crippen molar-refractivity contribution in [3.8, 4) is 11.1 Å². The molecule has 1 unspecified atom stereocenters. The number of nitrogens with two attached hydrogens (primary N) is 1. The van der Waals surface area contributed by atoms with Gasteiger partial charge in [-0.15, -0.1) is 12.4 Å². The van der Waals surface area contributed by atoms with Crippen LogP contribution in [0.3, 0.4) is 0 Å². The number of halogens is 1. The lowest BCUT2D eigenvalue weighted by Gasteiger charge is -2.16. The van der Waals surface area contributed by atoms with E-state index in [2.05, 4.69) is 4.72 Å². The Morgan fingerprint density at radius 1 is 1.00 bits per heavy atom. The molecule has 1 fully saturated rings. The summed E-state index contributed by atoms with van der Waals surface area (Å²) in [5, 5.41) is 0. The fraction of sp³-hybridized carbons (Fsp3) is 0.294. The third kappa shape index (κ3) is 4.32. The molecule has 0 aromatic heterocycles. The SMILES string of the molecule is Cl.NCC(NS(=O)(=O)c1ccc(-c2ccccc2)cc1)C1CC1. The Hall–Kier alpha value is -1.40. The van der Waals surface area contributed by atoms with Crippen molar-refractivity contribution in [1.29, 1.82) is 0 Å². The predicted octanol–water partition coefficient (Wildman–Crippen LogP) is 2.79. The van der Waals surface area contributed by atoms with Gasteiger partial charge in [-0.05, 0) is 42.0 Å². The molecule has 4 nitrogen and oxygen atoms in total. The van der Waals surface area contributed by atoms with Gasteiger partial charge >= 0.3 is 0 Å². The first kappa shape index (κ1) is 17.9. The normalized spacial score (nSPS) is 15.7. The third-order valence-corrected chi connectivity index (χ3v) is 5.53. The van der Waals surface area contributed by atoms with Crippen molar-refractivity contribution in [3.63, 3.8) is 0 Å². The Kier molecular flexibility index (Phi) is 5.81. The molecule has 0 heterocycles. The van der Waals surface area contributed by atoms with Gasteiger partial charge in [-0.3, -0.25) is 0 Å². The van der Waals surface area contributed by atoms with Gasteiger partial charge in [0.15, 0.2) is 0 Å². The van der Waals surface area contributed by atoms with Gasteiger partial charge in [0.1, 0.15) is 0 Å². The van der Waals surface area contributed by atoms with Crippen molar-refractivity contribution in [3.05, 3.63) is 54.6 Å². The van der Waals surface area contributed by atoms with Crippen molar-refractivity contribution in [2.45, 2.75) is 23.8 Å². The van der Waals surface area contributed by atoms with Gasteiger partial charge in [0, 0.05) is 12.6 Å². The topological polar surface area (TPSA) is 72.2 Å². The number of rotatable bonds is 6. The summed E-state index contributed by atoms with van der Waals surface area (Å²) in [5.41, 5.74) is 7.74. The van der Waals surface area contributed by atoms with E-state index in [0.717, 1.165) is 24.0 Å². The number of hydrogen-bond acceptors (Lipinski definition) is 3. The van der Waals surface area contributed by atoms with E-state index in [-0.39, 0.29) is 23.3 Å². The second-order valence-electron chi connectivity index (χ2n) is 5.69. The molecule has 6 heteroatoms. The average Bonchev–Trinajstić information content (AvgIpc) is 3.38. The minimum atomic E-state index is -3.51. The van der Waals surface area contributed by atoms with Gasteiger partial charge in [0.2, 0.25) is 10.0 Å². The molecule has 0 amide bonds. The molecule has 23 heavy (non-hydrogen) atoms. The maximum Gasteiger partial charge on any atom is 0.240 e. The molecular formula is C17H21ClN2O2S. The highest BCUT2D eigenvalue weighted by molar-refractivity contribution is 7.89. The molecule has 2 aromatic rings. The van der Waals surface area contributed by atoms with Crippen molar-refractivity contribution < 1.29 is 8.42 Å². The second-order valence-corrected chi connectivity index (χ2v) is 7.41. The highest BCUT2D eigenvalue weighted by Crippen LogP contribution is 2.33. The summed E-state index contributed by atoms with van der Waals surface area (Å²) in [6.07, 6.45) is 2.11. The van der Waals surface area contributed by atoms with Crippen LogP contribution in [0.25, 0.3) is 11.1 Å².